The summed E-state index contributed by atoms with van der Waals surface area (Å²) in [5.74, 6) is -2.41. The van der Waals surface area contributed by atoms with Crippen LogP contribution in [0.2, 0.25) is 0 Å². The smallest absolute Gasteiger partial charge is 0.366 e. The Bertz CT molecular complexity index is 355. The first kappa shape index (κ1) is 14.8. The highest BCUT2D eigenvalue weighted by Crippen LogP contribution is 2.28. The van der Waals surface area contributed by atoms with E-state index in [1.165, 1.54) is 0 Å². The molecule has 0 spiro atoms. The normalized spacial score (nSPS) is 40.2. The summed E-state index contributed by atoms with van der Waals surface area (Å²) in [6, 6.07) is -1.52. The van der Waals surface area contributed by atoms with Crippen molar-refractivity contribution in [1.82, 2.24) is 5.32 Å². The van der Waals surface area contributed by atoms with Gasteiger partial charge in [0.1, 0.15) is 24.4 Å². The van der Waals surface area contributed by atoms with Crippen molar-refractivity contribution < 1.29 is 35.1 Å². The summed E-state index contributed by atoms with van der Waals surface area (Å²) in [4.78, 5) is 11.0. The Morgan fingerprint density at radius 1 is 1.44 bits per heavy atom. The highest BCUT2D eigenvalue weighted by Gasteiger charge is 2.57. The van der Waals surface area contributed by atoms with Crippen LogP contribution in [0.15, 0.2) is 0 Å². The van der Waals surface area contributed by atoms with E-state index in [2.05, 4.69) is 11.2 Å². The summed E-state index contributed by atoms with van der Waals surface area (Å²) in [5, 5.41) is 49.5. The van der Waals surface area contributed by atoms with E-state index in [0.29, 0.717) is 0 Å². The van der Waals surface area contributed by atoms with Gasteiger partial charge in [0, 0.05) is 0 Å². The number of carboxylic acid groups (broad SMARTS) is 1. The molecule has 1 aliphatic rings. The molecule has 8 heteroatoms. The fraction of sp³-hybridized carbons (Fsp3) is 0.700. The van der Waals surface area contributed by atoms with Crippen LogP contribution < -0.4 is 5.32 Å². The van der Waals surface area contributed by atoms with Crippen molar-refractivity contribution in [2.24, 2.45) is 0 Å². The number of carboxylic acids is 1. The van der Waals surface area contributed by atoms with E-state index in [-0.39, 0.29) is 6.54 Å². The zero-order valence-corrected chi connectivity index (χ0v) is 9.35. The minimum atomic E-state index is -2.79. The minimum absolute atomic E-state index is 0.142. The highest BCUT2D eigenvalue weighted by molar-refractivity contribution is 5.76. The van der Waals surface area contributed by atoms with Crippen molar-refractivity contribution in [1.29, 1.82) is 0 Å². The van der Waals surface area contributed by atoms with Gasteiger partial charge >= 0.3 is 5.97 Å². The maximum Gasteiger partial charge on any atom is 0.366 e. The molecule has 0 aromatic heterocycles. The number of ether oxygens (including phenoxy) is 1. The first-order valence-corrected chi connectivity index (χ1v) is 5.16. The predicted octanol–water partition coefficient (Wildman–Crippen LogP) is -3.54. The van der Waals surface area contributed by atoms with Gasteiger partial charge < -0.3 is 30.3 Å². The molecule has 0 radical (unpaired) electrons. The molecule has 5 atom stereocenters. The molecule has 0 aliphatic carbocycles. The van der Waals surface area contributed by atoms with Crippen LogP contribution >= 0.6 is 0 Å². The second kappa shape index (κ2) is 5.62. The number of aliphatic hydroxyl groups is 4. The summed E-state index contributed by atoms with van der Waals surface area (Å²) in [7, 11) is 0. The van der Waals surface area contributed by atoms with Gasteiger partial charge in [0.15, 0.2) is 0 Å². The molecular weight excluding hydrogens is 246 g/mol. The van der Waals surface area contributed by atoms with Crippen LogP contribution in [0.1, 0.15) is 0 Å². The molecule has 0 aromatic carbocycles. The number of nitrogens with one attached hydrogen (secondary N) is 1. The van der Waals surface area contributed by atoms with Crippen molar-refractivity contribution >= 4 is 5.97 Å². The van der Waals surface area contributed by atoms with Gasteiger partial charge in [-0.1, -0.05) is 5.92 Å². The van der Waals surface area contributed by atoms with Crippen LogP contribution in [0.4, 0.5) is 0 Å². The van der Waals surface area contributed by atoms with Gasteiger partial charge in [-0.05, 0) is 0 Å². The number of aliphatic hydroxyl groups excluding tert-OH is 3. The van der Waals surface area contributed by atoms with Crippen LogP contribution in [0.3, 0.4) is 0 Å². The topological polar surface area (TPSA) is 139 Å². The van der Waals surface area contributed by atoms with Gasteiger partial charge in [-0.25, -0.2) is 4.79 Å². The van der Waals surface area contributed by atoms with Gasteiger partial charge in [-0.3, -0.25) is 5.32 Å². The Kier molecular flexibility index (Phi) is 4.64. The number of aliphatic carboxylic acids is 1. The molecule has 0 saturated carbocycles. The summed E-state index contributed by atoms with van der Waals surface area (Å²) in [6.07, 6.45) is 0.353. The molecule has 1 aliphatic heterocycles. The first-order valence-electron chi connectivity index (χ1n) is 5.16. The molecule has 1 rings (SSSR count). The monoisotopic (exact) mass is 261 g/mol. The summed E-state index contributed by atoms with van der Waals surface area (Å²) < 4.78 is 4.74. The second-order valence-corrected chi connectivity index (χ2v) is 3.88. The Hall–Kier alpha value is -1.21. The van der Waals surface area contributed by atoms with Crippen molar-refractivity contribution in [3.8, 4) is 12.3 Å². The molecule has 1 heterocycles. The van der Waals surface area contributed by atoms with Crippen LogP contribution in [-0.2, 0) is 9.53 Å². The summed E-state index contributed by atoms with van der Waals surface area (Å²) >= 11 is 0. The van der Waals surface area contributed by atoms with Crippen molar-refractivity contribution in [3.05, 3.63) is 0 Å². The number of hydrogen-bond donors (Lipinski definition) is 6. The SMILES string of the molecule is C#CCN[C@H]1[C@@H](O)[C@H](O)[C@@H](CO)OC1(O)C(=O)O. The Balaban J connectivity index is 3.02. The van der Waals surface area contributed by atoms with Crippen LogP contribution in [0, 0.1) is 12.3 Å². The fourth-order valence-corrected chi connectivity index (χ4v) is 1.78. The lowest BCUT2D eigenvalue weighted by Gasteiger charge is -2.45. The van der Waals surface area contributed by atoms with E-state index in [4.69, 9.17) is 21.4 Å². The molecular formula is C10H15NO7. The fourth-order valence-electron chi connectivity index (χ4n) is 1.78. The van der Waals surface area contributed by atoms with Gasteiger partial charge in [0.25, 0.3) is 5.79 Å². The Morgan fingerprint density at radius 3 is 2.50 bits per heavy atom. The third kappa shape index (κ3) is 2.46. The number of carbonyl (C=O) groups is 1. The lowest BCUT2D eigenvalue weighted by molar-refractivity contribution is -0.310. The summed E-state index contributed by atoms with van der Waals surface area (Å²) in [5.41, 5.74) is 0. The lowest BCUT2D eigenvalue weighted by atomic mass is 9.90. The summed E-state index contributed by atoms with van der Waals surface area (Å²) in [6.45, 7) is -0.896. The lowest BCUT2D eigenvalue weighted by Crippen LogP contribution is -2.72. The van der Waals surface area contributed by atoms with E-state index in [1.54, 1.807) is 0 Å². The van der Waals surface area contributed by atoms with E-state index < -0.39 is 42.7 Å². The molecule has 1 unspecified atom stereocenters. The van der Waals surface area contributed by atoms with Crippen LogP contribution in [0.5, 0.6) is 0 Å². The average Bonchev–Trinajstić information content (AvgIpc) is 2.33. The zero-order valence-electron chi connectivity index (χ0n) is 9.35. The largest absolute Gasteiger partial charge is 0.477 e. The molecule has 102 valence electrons. The number of hydrogen-bond acceptors (Lipinski definition) is 7. The standard InChI is InChI=1S/C10H15NO7/c1-2-3-11-8-7(14)6(13)5(4-12)18-10(8,17)9(15)16/h1,5-8,11-14,17H,3-4H2,(H,15,16)/t5-,6-,7+,8+,10?/m1/s1. The Morgan fingerprint density at radius 2 is 2.06 bits per heavy atom. The van der Waals surface area contributed by atoms with E-state index in [9.17, 15) is 20.1 Å². The molecule has 8 nitrogen and oxygen atoms in total. The molecule has 0 aromatic rings. The third-order valence-corrected chi connectivity index (χ3v) is 2.74. The van der Waals surface area contributed by atoms with E-state index >= 15 is 0 Å². The second-order valence-electron chi connectivity index (χ2n) is 3.88. The molecule has 0 bridgehead atoms. The zero-order chi connectivity index (χ0) is 13.9. The number of rotatable bonds is 4. The maximum absolute atomic E-state index is 11.0. The average molecular weight is 261 g/mol. The molecule has 1 fully saturated rings. The third-order valence-electron chi connectivity index (χ3n) is 2.74. The molecule has 18 heavy (non-hydrogen) atoms. The van der Waals surface area contributed by atoms with E-state index in [0.717, 1.165) is 0 Å². The van der Waals surface area contributed by atoms with Crippen molar-refractivity contribution in [2.45, 2.75) is 30.1 Å². The van der Waals surface area contributed by atoms with Crippen molar-refractivity contribution in [2.75, 3.05) is 13.2 Å². The van der Waals surface area contributed by atoms with Crippen molar-refractivity contribution in [3.63, 3.8) is 0 Å². The highest BCUT2D eigenvalue weighted by atomic mass is 16.7. The van der Waals surface area contributed by atoms with Gasteiger partial charge in [-0.15, -0.1) is 6.42 Å². The molecule has 0 amide bonds. The van der Waals surface area contributed by atoms with E-state index in [1.807, 2.05) is 0 Å². The molecule has 6 N–H and O–H groups in total. The maximum atomic E-state index is 11.0. The Labute approximate surface area is 103 Å². The van der Waals surface area contributed by atoms with Gasteiger partial charge in [0.2, 0.25) is 0 Å². The predicted molar refractivity (Wildman–Crippen MR) is 57.2 cm³/mol. The minimum Gasteiger partial charge on any atom is -0.477 e. The molecule has 1 saturated heterocycles. The van der Waals surface area contributed by atoms with Gasteiger partial charge in [-0.2, -0.15) is 0 Å². The number of terminal acetylenes is 1. The van der Waals surface area contributed by atoms with Crippen LogP contribution in [-0.4, -0.2) is 74.8 Å². The van der Waals surface area contributed by atoms with Gasteiger partial charge in [0.05, 0.1) is 13.2 Å². The first-order chi connectivity index (χ1) is 8.38. The quantitative estimate of drug-likeness (QED) is 0.286. The van der Waals surface area contributed by atoms with Crippen LogP contribution in [0.25, 0.3) is 0 Å².